The molecule has 0 bridgehead atoms. The maximum atomic E-state index is 12.6. The Morgan fingerprint density at radius 2 is 1.90 bits per heavy atom. The lowest BCUT2D eigenvalue weighted by atomic mass is 10.3. The van der Waals surface area contributed by atoms with Crippen LogP contribution in [0.15, 0.2) is 58.1 Å². The number of sulfonamides is 1. The molecule has 0 amide bonds. The first-order valence-corrected chi connectivity index (χ1v) is 7.47. The molecule has 3 rings (SSSR count). The molecule has 0 fully saturated rings. The fraction of sp³-hybridized carbons (Fsp3) is 0.0769. The highest BCUT2D eigenvalue weighted by atomic mass is 32.2. The molecular weight excluding hydrogens is 294 g/mol. The van der Waals surface area contributed by atoms with E-state index in [-0.39, 0.29) is 15.3 Å². The zero-order chi connectivity index (χ0) is 15.0. The Bertz CT molecular complexity index is 890. The zero-order valence-corrected chi connectivity index (χ0v) is 11.8. The van der Waals surface area contributed by atoms with E-state index < -0.39 is 10.0 Å². The summed E-state index contributed by atoms with van der Waals surface area (Å²) >= 11 is 0. The first kappa shape index (κ1) is 13.4. The van der Waals surface area contributed by atoms with E-state index in [4.69, 9.17) is 0 Å². The molecular formula is C13H11N3O4S. The third-order valence-corrected chi connectivity index (χ3v) is 4.92. The van der Waals surface area contributed by atoms with Gasteiger partial charge in [-0.15, -0.1) is 0 Å². The molecule has 0 aliphatic carbocycles. The van der Waals surface area contributed by atoms with Crippen molar-refractivity contribution >= 4 is 26.7 Å². The van der Waals surface area contributed by atoms with Crippen LogP contribution in [0.25, 0.3) is 11.0 Å². The van der Waals surface area contributed by atoms with Crippen LogP contribution in [0.3, 0.4) is 0 Å². The molecule has 1 heterocycles. The zero-order valence-electron chi connectivity index (χ0n) is 11.0. The summed E-state index contributed by atoms with van der Waals surface area (Å²) in [6.45, 7) is 0. The summed E-state index contributed by atoms with van der Waals surface area (Å²) < 4.78 is 30.7. The number of rotatable bonds is 3. The van der Waals surface area contributed by atoms with Crippen LogP contribution in [-0.4, -0.2) is 20.6 Å². The summed E-state index contributed by atoms with van der Waals surface area (Å²) in [5.41, 5.74) is 0.891. The van der Waals surface area contributed by atoms with Crippen LogP contribution in [0, 0.1) is 5.21 Å². The molecule has 8 heteroatoms. The topological polar surface area (TPSA) is 90.4 Å². The highest BCUT2D eigenvalue weighted by Crippen LogP contribution is 2.23. The molecule has 0 unspecified atom stereocenters. The second kappa shape index (κ2) is 4.74. The minimum Gasteiger partial charge on any atom is -0.359 e. The number of hydrogen-bond donors (Lipinski definition) is 0. The van der Waals surface area contributed by atoms with Crippen LogP contribution < -0.4 is 9.21 Å². The van der Waals surface area contributed by atoms with Gasteiger partial charge in [0, 0.05) is 18.3 Å². The lowest BCUT2D eigenvalue weighted by Gasteiger charge is -2.19. The predicted octanol–water partition coefficient (Wildman–Crippen LogP) is 1.29. The molecule has 0 aliphatic rings. The molecule has 0 saturated carbocycles. The van der Waals surface area contributed by atoms with E-state index in [9.17, 15) is 13.6 Å². The van der Waals surface area contributed by atoms with Gasteiger partial charge in [0.05, 0.1) is 10.6 Å². The number of benzene rings is 2. The number of fused-ring (bicyclic) bond motifs is 1. The van der Waals surface area contributed by atoms with Crippen molar-refractivity contribution in [2.24, 2.45) is 0 Å². The van der Waals surface area contributed by atoms with E-state index in [0.717, 1.165) is 4.31 Å². The van der Waals surface area contributed by atoms with Crippen LogP contribution in [-0.2, 0) is 10.0 Å². The summed E-state index contributed by atoms with van der Waals surface area (Å²) in [4.78, 5) is 0.172. The second-order valence-electron chi connectivity index (χ2n) is 4.39. The first-order valence-electron chi connectivity index (χ1n) is 6.03. The van der Waals surface area contributed by atoms with Crippen LogP contribution in [0.2, 0.25) is 0 Å². The summed E-state index contributed by atoms with van der Waals surface area (Å²) in [6, 6.07) is 12.7. The van der Waals surface area contributed by atoms with Crippen LogP contribution in [0.4, 0.5) is 5.69 Å². The molecule has 0 atom stereocenters. The SMILES string of the molecule is CN(c1ccccc1)S(=O)(=O)c1ccc2no[n+]([O-])c2c1. The number of nitrogens with zero attached hydrogens (tertiary/aromatic N) is 3. The highest BCUT2D eigenvalue weighted by Gasteiger charge is 2.23. The van der Waals surface area contributed by atoms with Crippen molar-refractivity contribution in [3.05, 3.63) is 53.7 Å². The van der Waals surface area contributed by atoms with Crippen molar-refractivity contribution < 1.29 is 17.9 Å². The van der Waals surface area contributed by atoms with E-state index in [1.54, 1.807) is 30.3 Å². The molecule has 3 aromatic rings. The average Bonchev–Trinajstić information content (AvgIpc) is 2.88. The lowest BCUT2D eigenvalue weighted by Crippen LogP contribution is -2.27. The van der Waals surface area contributed by atoms with Gasteiger partial charge in [-0.2, -0.15) is 0 Å². The monoisotopic (exact) mass is 305 g/mol. The maximum Gasteiger partial charge on any atom is 0.264 e. The fourth-order valence-corrected chi connectivity index (χ4v) is 3.16. The van der Waals surface area contributed by atoms with Crippen molar-refractivity contribution in [2.45, 2.75) is 4.90 Å². The van der Waals surface area contributed by atoms with Crippen LogP contribution in [0.1, 0.15) is 0 Å². The van der Waals surface area contributed by atoms with Gasteiger partial charge in [0.2, 0.25) is 11.0 Å². The van der Waals surface area contributed by atoms with Gasteiger partial charge in [-0.25, -0.2) is 8.42 Å². The summed E-state index contributed by atoms with van der Waals surface area (Å²) in [6.07, 6.45) is 0. The Hall–Kier alpha value is -2.61. The normalized spacial score (nSPS) is 11.7. The Labute approximate surface area is 120 Å². The Morgan fingerprint density at radius 1 is 1.19 bits per heavy atom. The van der Waals surface area contributed by atoms with E-state index >= 15 is 0 Å². The van der Waals surface area contributed by atoms with E-state index in [1.807, 2.05) is 0 Å². The predicted molar refractivity (Wildman–Crippen MR) is 75.0 cm³/mol. The molecule has 108 valence electrons. The van der Waals surface area contributed by atoms with Crippen molar-refractivity contribution in [2.75, 3.05) is 11.4 Å². The van der Waals surface area contributed by atoms with E-state index in [0.29, 0.717) is 11.2 Å². The molecule has 0 aliphatic heterocycles. The Morgan fingerprint density at radius 3 is 2.62 bits per heavy atom. The molecule has 1 aromatic heterocycles. The highest BCUT2D eigenvalue weighted by molar-refractivity contribution is 7.92. The summed E-state index contributed by atoms with van der Waals surface area (Å²) in [7, 11) is -2.31. The van der Waals surface area contributed by atoms with Crippen molar-refractivity contribution in [1.29, 1.82) is 0 Å². The molecule has 0 spiro atoms. The maximum absolute atomic E-state index is 12.6. The van der Waals surface area contributed by atoms with Gasteiger partial charge in [0.1, 0.15) is 0 Å². The average molecular weight is 305 g/mol. The molecule has 7 nitrogen and oxygen atoms in total. The van der Waals surface area contributed by atoms with Gasteiger partial charge in [-0.3, -0.25) is 8.93 Å². The number of hydrogen-bond acceptors (Lipinski definition) is 5. The van der Waals surface area contributed by atoms with Gasteiger partial charge in [-0.05, 0) is 29.2 Å². The van der Waals surface area contributed by atoms with Gasteiger partial charge in [0.25, 0.3) is 10.0 Å². The van der Waals surface area contributed by atoms with Crippen molar-refractivity contribution in [1.82, 2.24) is 5.16 Å². The lowest BCUT2D eigenvalue weighted by molar-refractivity contribution is -0.782. The summed E-state index contributed by atoms with van der Waals surface area (Å²) in [5, 5.41) is 14.9. The minimum absolute atomic E-state index is 0.00541. The minimum atomic E-state index is -3.77. The van der Waals surface area contributed by atoms with Gasteiger partial charge >= 0.3 is 0 Å². The largest absolute Gasteiger partial charge is 0.359 e. The summed E-state index contributed by atoms with van der Waals surface area (Å²) in [5.74, 6) is 0. The van der Waals surface area contributed by atoms with Gasteiger partial charge in [-0.1, -0.05) is 18.2 Å². The van der Waals surface area contributed by atoms with E-state index in [2.05, 4.69) is 9.79 Å². The quantitative estimate of drug-likeness (QED) is 0.680. The molecule has 0 saturated heterocycles. The molecule has 2 aromatic carbocycles. The van der Waals surface area contributed by atoms with Crippen LogP contribution >= 0.6 is 0 Å². The number of aromatic nitrogens is 2. The fourth-order valence-electron chi connectivity index (χ4n) is 1.95. The molecule has 0 radical (unpaired) electrons. The third-order valence-electron chi connectivity index (χ3n) is 3.14. The van der Waals surface area contributed by atoms with Gasteiger partial charge < -0.3 is 5.21 Å². The second-order valence-corrected chi connectivity index (χ2v) is 6.36. The van der Waals surface area contributed by atoms with E-state index in [1.165, 1.54) is 25.2 Å². The number of para-hydroxylation sites is 1. The molecule has 21 heavy (non-hydrogen) atoms. The van der Waals surface area contributed by atoms with Crippen molar-refractivity contribution in [3.8, 4) is 0 Å². The Balaban J connectivity index is 2.09. The smallest absolute Gasteiger partial charge is 0.264 e. The van der Waals surface area contributed by atoms with Gasteiger partial charge in [0.15, 0.2) is 0 Å². The molecule has 0 N–H and O–H groups in total. The standard InChI is InChI=1S/C13H11N3O4S/c1-15(10-5-3-2-4-6-10)21(18,19)11-7-8-12-13(9-11)16(17)20-14-12/h2-9H,1H3. The Kier molecular flexibility index (Phi) is 3.02. The van der Waals surface area contributed by atoms with Crippen molar-refractivity contribution in [3.63, 3.8) is 0 Å². The first-order chi connectivity index (χ1) is 10.00. The third kappa shape index (κ3) is 2.19. The van der Waals surface area contributed by atoms with Crippen LogP contribution in [0.5, 0.6) is 0 Å². The number of anilines is 1.